The normalized spacial score (nSPS) is 13.9. The highest BCUT2D eigenvalue weighted by atomic mass is 14.6. The van der Waals surface area contributed by atoms with Crippen molar-refractivity contribution in [3.63, 3.8) is 0 Å². The number of nitrogens with zero attached hydrogens (tertiary/aromatic N) is 1. The lowest BCUT2D eigenvalue weighted by atomic mass is 9.85. The van der Waals surface area contributed by atoms with E-state index in [1.807, 2.05) is 12.4 Å². The van der Waals surface area contributed by atoms with Crippen LogP contribution in [0.15, 0.2) is 30.6 Å². The highest BCUT2D eigenvalue weighted by molar-refractivity contribution is 5.72. The van der Waals surface area contributed by atoms with Gasteiger partial charge in [-0.1, -0.05) is 19.9 Å². The largest absolute Gasteiger partial charge is 0.265 e. The summed E-state index contributed by atoms with van der Waals surface area (Å²) < 4.78 is 0. The first kappa shape index (κ1) is 12.4. The van der Waals surface area contributed by atoms with Crippen molar-refractivity contribution in [2.24, 2.45) is 0 Å². The van der Waals surface area contributed by atoms with Gasteiger partial charge in [0.05, 0.1) is 0 Å². The molecule has 2 aromatic rings. The quantitative estimate of drug-likeness (QED) is 0.756. The molecule has 0 spiro atoms. The van der Waals surface area contributed by atoms with Crippen molar-refractivity contribution in [1.29, 1.82) is 0 Å². The monoisotopic (exact) mass is 251 g/mol. The fourth-order valence-corrected chi connectivity index (χ4v) is 3.45. The molecule has 0 fully saturated rings. The summed E-state index contributed by atoms with van der Waals surface area (Å²) in [6, 6.07) is 6.64. The van der Waals surface area contributed by atoms with Gasteiger partial charge in [-0.3, -0.25) is 4.98 Å². The van der Waals surface area contributed by atoms with E-state index >= 15 is 0 Å². The van der Waals surface area contributed by atoms with Crippen LogP contribution in [0.1, 0.15) is 48.4 Å². The van der Waals surface area contributed by atoms with Crippen molar-refractivity contribution in [3.05, 3.63) is 52.8 Å². The van der Waals surface area contributed by atoms with E-state index in [0.29, 0.717) is 5.92 Å². The number of fused-ring (bicyclic) bond motifs is 1. The van der Waals surface area contributed by atoms with Gasteiger partial charge in [0.25, 0.3) is 0 Å². The van der Waals surface area contributed by atoms with E-state index < -0.39 is 0 Å². The molecule has 0 atom stereocenters. The van der Waals surface area contributed by atoms with Crippen LogP contribution in [0.3, 0.4) is 0 Å². The predicted molar refractivity (Wildman–Crippen MR) is 80.5 cm³/mol. The summed E-state index contributed by atoms with van der Waals surface area (Å²) in [5, 5.41) is 0. The van der Waals surface area contributed by atoms with Crippen LogP contribution >= 0.6 is 0 Å². The summed E-state index contributed by atoms with van der Waals surface area (Å²) in [4.78, 5) is 4.14. The van der Waals surface area contributed by atoms with Gasteiger partial charge in [0.2, 0.25) is 0 Å². The molecule has 1 aromatic heterocycles. The number of aromatic nitrogens is 1. The predicted octanol–water partition coefficient (Wildman–Crippen LogP) is 4.67. The molecular formula is C18H21N. The molecule has 1 heteroatoms. The maximum Gasteiger partial charge on any atom is 0.0273 e. The molecule has 0 saturated carbocycles. The zero-order valence-corrected chi connectivity index (χ0v) is 12.0. The van der Waals surface area contributed by atoms with Crippen molar-refractivity contribution in [2.45, 2.75) is 46.0 Å². The Morgan fingerprint density at radius 3 is 2.42 bits per heavy atom. The smallest absolute Gasteiger partial charge is 0.0273 e. The summed E-state index contributed by atoms with van der Waals surface area (Å²) >= 11 is 0. The zero-order chi connectivity index (χ0) is 13.4. The van der Waals surface area contributed by atoms with Crippen LogP contribution in [0.2, 0.25) is 0 Å². The molecule has 98 valence electrons. The molecule has 3 rings (SSSR count). The van der Waals surface area contributed by atoms with Gasteiger partial charge in [-0.15, -0.1) is 0 Å². The summed E-state index contributed by atoms with van der Waals surface area (Å²) in [7, 11) is 0. The van der Waals surface area contributed by atoms with Gasteiger partial charge in [-0.25, -0.2) is 0 Å². The Morgan fingerprint density at radius 2 is 1.74 bits per heavy atom. The Balaban J connectivity index is 2.28. The average Bonchev–Trinajstić information content (AvgIpc) is 2.88. The lowest BCUT2D eigenvalue weighted by Crippen LogP contribution is -2.02. The van der Waals surface area contributed by atoms with Gasteiger partial charge in [-0.2, -0.15) is 0 Å². The maximum atomic E-state index is 4.14. The van der Waals surface area contributed by atoms with Crippen LogP contribution in [-0.4, -0.2) is 4.98 Å². The van der Waals surface area contributed by atoms with E-state index in [2.05, 4.69) is 44.0 Å². The third kappa shape index (κ3) is 2.07. The number of pyridine rings is 1. The molecule has 0 aliphatic heterocycles. The lowest BCUT2D eigenvalue weighted by Gasteiger charge is -2.20. The molecule has 19 heavy (non-hydrogen) atoms. The van der Waals surface area contributed by atoms with E-state index in [4.69, 9.17) is 0 Å². The highest BCUT2D eigenvalue weighted by Gasteiger charge is 2.22. The second-order valence-electron chi connectivity index (χ2n) is 5.86. The Kier molecular flexibility index (Phi) is 3.14. The Morgan fingerprint density at radius 1 is 1.05 bits per heavy atom. The third-order valence-electron chi connectivity index (χ3n) is 4.24. The first-order valence-corrected chi connectivity index (χ1v) is 7.24. The van der Waals surface area contributed by atoms with Crippen LogP contribution in [-0.2, 0) is 12.8 Å². The summed E-state index contributed by atoms with van der Waals surface area (Å²) in [6.45, 7) is 6.89. The highest BCUT2D eigenvalue weighted by Crippen LogP contribution is 2.39. The van der Waals surface area contributed by atoms with E-state index in [9.17, 15) is 0 Å². The molecular weight excluding hydrogens is 230 g/mol. The molecule has 1 nitrogen and oxygen atoms in total. The molecule has 1 heterocycles. The van der Waals surface area contributed by atoms with Crippen LogP contribution in [0.5, 0.6) is 0 Å². The summed E-state index contributed by atoms with van der Waals surface area (Å²) in [6.07, 6.45) is 7.61. The first-order valence-electron chi connectivity index (χ1n) is 7.24. The second kappa shape index (κ2) is 4.80. The van der Waals surface area contributed by atoms with E-state index in [-0.39, 0.29) is 0 Å². The van der Waals surface area contributed by atoms with Crippen LogP contribution in [0.25, 0.3) is 11.1 Å². The van der Waals surface area contributed by atoms with Gasteiger partial charge in [0, 0.05) is 12.4 Å². The molecule has 0 N–H and O–H groups in total. The number of aryl methyl sites for hydroxylation is 1. The van der Waals surface area contributed by atoms with Crippen LogP contribution in [0, 0.1) is 6.92 Å². The zero-order valence-electron chi connectivity index (χ0n) is 12.0. The van der Waals surface area contributed by atoms with E-state index in [0.717, 1.165) is 0 Å². The number of hydrogen-bond acceptors (Lipinski definition) is 1. The Bertz CT molecular complexity index is 597. The van der Waals surface area contributed by atoms with Crippen molar-refractivity contribution in [2.75, 3.05) is 0 Å². The van der Waals surface area contributed by atoms with E-state index in [1.165, 1.54) is 36.0 Å². The summed E-state index contributed by atoms with van der Waals surface area (Å²) in [5.74, 6) is 0.579. The maximum absolute atomic E-state index is 4.14. The second-order valence-corrected chi connectivity index (χ2v) is 5.86. The van der Waals surface area contributed by atoms with E-state index in [1.54, 1.807) is 16.7 Å². The fraction of sp³-hybridized carbons (Fsp3) is 0.389. The Labute approximate surface area is 115 Å². The van der Waals surface area contributed by atoms with Crippen molar-refractivity contribution < 1.29 is 0 Å². The van der Waals surface area contributed by atoms with Gasteiger partial charge < -0.3 is 0 Å². The van der Waals surface area contributed by atoms with Crippen molar-refractivity contribution in [3.8, 4) is 11.1 Å². The molecule has 1 aliphatic rings. The molecule has 0 saturated heterocycles. The number of rotatable bonds is 2. The van der Waals surface area contributed by atoms with Crippen molar-refractivity contribution >= 4 is 0 Å². The standard InChI is InChI=1S/C18H21N/c1-12(2)18-16-6-4-5-15(16)13(3)11-17(18)14-7-9-19-10-8-14/h7-12H,4-6H2,1-3H3. The van der Waals surface area contributed by atoms with Gasteiger partial charge in [0.1, 0.15) is 0 Å². The van der Waals surface area contributed by atoms with Crippen LogP contribution < -0.4 is 0 Å². The average molecular weight is 251 g/mol. The van der Waals surface area contributed by atoms with Crippen LogP contribution in [0.4, 0.5) is 0 Å². The number of benzene rings is 1. The summed E-state index contributed by atoms with van der Waals surface area (Å²) in [5.41, 5.74) is 8.98. The SMILES string of the molecule is Cc1cc(-c2ccncc2)c(C(C)C)c2c1CCC2. The minimum absolute atomic E-state index is 0.579. The lowest BCUT2D eigenvalue weighted by molar-refractivity contribution is 0.840. The van der Waals surface area contributed by atoms with Gasteiger partial charge >= 0.3 is 0 Å². The molecule has 0 unspecified atom stereocenters. The number of hydrogen-bond donors (Lipinski definition) is 0. The molecule has 1 aliphatic carbocycles. The molecule has 1 aromatic carbocycles. The minimum atomic E-state index is 0.579. The molecule has 0 amide bonds. The third-order valence-corrected chi connectivity index (χ3v) is 4.24. The van der Waals surface area contributed by atoms with Gasteiger partial charge in [0.15, 0.2) is 0 Å². The van der Waals surface area contributed by atoms with Crippen molar-refractivity contribution in [1.82, 2.24) is 4.98 Å². The molecule has 0 radical (unpaired) electrons. The fourth-order valence-electron chi connectivity index (χ4n) is 3.45. The first-order chi connectivity index (χ1) is 9.18. The topological polar surface area (TPSA) is 12.9 Å². The Hall–Kier alpha value is -1.63. The van der Waals surface area contributed by atoms with Gasteiger partial charge in [-0.05, 0) is 77.6 Å². The molecule has 0 bridgehead atoms. The minimum Gasteiger partial charge on any atom is -0.265 e.